The molecule has 0 aromatic rings. The zero-order valence-electron chi connectivity index (χ0n) is 7.42. The summed E-state index contributed by atoms with van der Waals surface area (Å²) in [7, 11) is 0. The van der Waals surface area contributed by atoms with Gasteiger partial charge in [0.25, 0.3) is 0 Å². The molecule has 1 amide bonds. The fourth-order valence-corrected chi connectivity index (χ4v) is 4.07. The minimum atomic E-state index is 0.283. The number of nitrogens with zero attached hydrogens (tertiary/aromatic N) is 1. The summed E-state index contributed by atoms with van der Waals surface area (Å²) in [5, 5.41) is 3.38. The highest BCUT2D eigenvalue weighted by atomic mass is 127. The van der Waals surface area contributed by atoms with Crippen molar-refractivity contribution in [2.75, 3.05) is 13.1 Å². The van der Waals surface area contributed by atoms with Gasteiger partial charge in [0.1, 0.15) is 0 Å². The van der Waals surface area contributed by atoms with E-state index in [0.717, 1.165) is 6.54 Å². The van der Waals surface area contributed by atoms with E-state index in [1.54, 1.807) is 0 Å². The fourth-order valence-electron chi connectivity index (χ4n) is 2.66. The third kappa shape index (κ3) is 1.14. The van der Waals surface area contributed by atoms with Gasteiger partial charge in [-0.25, -0.2) is 0 Å². The fraction of sp³-hybridized carbons (Fsp3) is 0.889. The van der Waals surface area contributed by atoms with E-state index in [2.05, 4.69) is 27.9 Å². The lowest BCUT2D eigenvalue weighted by Crippen LogP contribution is -2.63. The Hall–Kier alpha value is 0.160. The van der Waals surface area contributed by atoms with Gasteiger partial charge >= 0.3 is 0 Å². The standard InChI is InChI=1S/C9H13IN2O/c10-7-3-9(1-2-9)6-5-12(7)8(13)4-11-6/h6-7,11H,1-5H2/t6-,7-/m0/s1. The lowest BCUT2D eigenvalue weighted by Gasteiger charge is -2.46. The minimum Gasteiger partial charge on any atom is -0.328 e. The van der Waals surface area contributed by atoms with Gasteiger partial charge in [0.2, 0.25) is 5.91 Å². The number of alkyl halides is 1. The van der Waals surface area contributed by atoms with E-state index >= 15 is 0 Å². The number of hydrogen-bond acceptors (Lipinski definition) is 2. The number of piperidine rings is 1. The van der Waals surface area contributed by atoms with Crippen molar-refractivity contribution in [3.63, 3.8) is 0 Å². The van der Waals surface area contributed by atoms with Crippen molar-refractivity contribution < 1.29 is 4.79 Å². The van der Waals surface area contributed by atoms with E-state index in [1.807, 2.05) is 4.90 Å². The second-order valence-electron chi connectivity index (χ2n) is 4.48. The number of amides is 1. The average Bonchev–Trinajstić information content (AvgIpc) is 2.85. The van der Waals surface area contributed by atoms with E-state index < -0.39 is 0 Å². The Labute approximate surface area is 91.4 Å². The average molecular weight is 292 g/mol. The first-order chi connectivity index (χ1) is 6.21. The van der Waals surface area contributed by atoms with Crippen LogP contribution in [0.15, 0.2) is 0 Å². The second-order valence-corrected chi connectivity index (χ2v) is 5.92. The molecule has 2 bridgehead atoms. The molecule has 4 heteroatoms. The summed E-state index contributed by atoms with van der Waals surface area (Å²) in [6, 6.07) is 0.594. The molecule has 0 radical (unpaired) electrons. The third-order valence-electron chi connectivity index (χ3n) is 3.74. The molecule has 0 unspecified atom stereocenters. The molecule has 2 atom stereocenters. The van der Waals surface area contributed by atoms with E-state index in [1.165, 1.54) is 19.3 Å². The van der Waals surface area contributed by atoms with Crippen LogP contribution in [0.3, 0.4) is 0 Å². The molecule has 2 aliphatic heterocycles. The van der Waals surface area contributed by atoms with Crippen molar-refractivity contribution in [1.82, 2.24) is 10.2 Å². The molecule has 3 aliphatic rings. The number of rotatable bonds is 0. The summed E-state index contributed by atoms with van der Waals surface area (Å²) >= 11 is 2.42. The maximum Gasteiger partial charge on any atom is 0.237 e. The van der Waals surface area contributed by atoms with Crippen LogP contribution in [0.2, 0.25) is 0 Å². The maximum absolute atomic E-state index is 11.5. The van der Waals surface area contributed by atoms with Crippen LogP contribution < -0.4 is 5.32 Å². The van der Waals surface area contributed by atoms with Gasteiger partial charge in [0.05, 0.1) is 10.6 Å². The lowest BCUT2D eigenvalue weighted by atomic mass is 9.86. The van der Waals surface area contributed by atoms with Crippen LogP contribution in [0.4, 0.5) is 0 Å². The zero-order chi connectivity index (χ0) is 9.05. The summed E-state index contributed by atoms with van der Waals surface area (Å²) in [6.07, 6.45) is 3.94. The summed E-state index contributed by atoms with van der Waals surface area (Å²) in [5.74, 6) is 0.283. The van der Waals surface area contributed by atoms with Crippen molar-refractivity contribution in [2.45, 2.75) is 29.4 Å². The van der Waals surface area contributed by atoms with Crippen molar-refractivity contribution in [3.8, 4) is 0 Å². The summed E-state index contributed by atoms with van der Waals surface area (Å²) < 4.78 is 0.450. The number of fused-ring (bicyclic) bond motifs is 3. The molecule has 0 aromatic carbocycles. The Bertz CT molecular complexity index is 264. The van der Waals surface area contributed by atoms with Crippen LogP contribution in [-0.2, 0) is 4.79 Å². The van der Waals surface area contributed by atoms with Gasteiger partial charge in [-0.1, -0.05) is 22.6 Å². The molecule has 1 N–H and O–H groups in total. The molecule has 1 spiro atoms. The Morgan fingerprint density at radius 1 is 1.54 bits per heavy atom. The molecular formula is C9H13IN2O. The SMILES string of the molecule is O=C1CN[C@H]2CN1[C@H](I)CC21CC1. The number of halogens is 1. The van der Waals surface area contributed by atoms with Crippen molar-refractivity contribution >= 4 is 28.5 Å². The molecule has 0 aromatic heterocycles. The highest BCUT2D eigenvalue weighted by Gasteiger charge is 2.56. The first kappa shape index (κ1) is 8.47. The Morgan fingerprint density at radius 2 is 2.31 bits per heavy atom. The van der Waals surface area contributed by atoms with Gasteiger partial charge in [0, 0.05) is 12.6 Å². The highest BCUT2D eigenvalue weighted by Crippen LogP contribution is 2.56. The summed E-state index contributed by atoms with van der Waals surface area (Å²) in [5.41, 5.74) is 0.572. The van der Waals surface area contributed by atoms with E-state index in [4.69, 9.17) is 0 Å². The quantitative estimate of drug-likeness (QED) is 0.405. The first-order valence-corrected chi connectivity index (χ1v) is 6.13. The second kappa shape index (κ2) is 2.59. The number of hydrogen-bond donors (Lipinski definition) is 1. The molecule has 3 rings (SSSR count). The van der Waals surface area contributed by atoms with Gasteiger partial charge in [-0.15, -0.1) is 0 Å². The molecule has 3 nitrogen and oxygen atoms in total. The molecular weight excluding hydrogens is 279 g/mol. The number of piperazine rings is 1. The number of carbonyl (C=O) groups excluding carboxylic acids is 1. The van der Waals surface area contributed by atoms with Crippen LogP contribution in [-0.4, -0.2) is 34.0 Å². The van der Waals surface area contributed by atoms with E-state index in [9.17, 15) is 4.79 Å². The van der Waals surface area contributed by atoms with Gasteiger partial charge in [-0.05, 0) is 24.7 Å². The monoisotopic (exact) mass is 292 g/mol. The van der Waals surface area contributed by atoms with Gasteiger partial charge in [0.15, 0.2) is 0 Å². The zero-order valence-corrected chi connectivity index (χ0v) is 9.58. The molecule has 1 aliphatic carbocycles. The molecule has 2 saturated heterocycles. The maximum atomic E-state index is 11.5. The Morgan fingerprint density at radius 3 is 3.00 bits per heavy atom. The predicted molar refractivity (Wildman–Crippen MR) is 57.6 cm³/mol. The van der Waals surface area contributed by atoms with E-state index in [0.29, 0.717) is 22.1 Å². The van der Waals surface area contributed by atoms with Crippen LogP contribution in [0.25, 0.3) is 0 Å². The van der Waals surface area contributed by atoms with Crippen LogP contribution in [0, 0.1) is 5.41 Å². The third-order valence-corrected chi connectivity index (χ3v) is 4.86. The molecule has 1 saturated carbocycles. The van der Waals surface area contributed by atoms with Crippen LogP contribution in [0.5, 0.6) is 0 Å². The van der Waals surface area contributed by atoms with Crippen LogP contribution in [0.1, 0.15) is 19.3 Å². The van der Waals surface area contributed by atoms with Crippen molar-refractivity contribution in [1.29, 1.82) is 0 Å². The van der Waals surface area contributed by atoms with Crippen molar-refractivity contribution in [2.24, 2.45) is 5.41 Å². The smallest absolute Gasteiger partial charge is 0.237 e. The number of nitrogens with one attached hydrogen (secondary N) is 1. The molecule has 13 heavy (non-hydrogen) atoms. The summed E-state index contributed by atoms with van der Waals surface area (Å²) in [4.78, 5) is 13.6. The topological polar surface area (TPSA) is 32.3 Å². The normalized spacial score (nSPS) is 41.0. The predicted octanol–water partition coefficient (Wildman–Crippen LogP) is 0.732. The highest BCUT2D eigenvalue weighted by molar-refractivity contribution is 14.1. The Kier molecular flexibility index (Phi) is 1.69. The van der Waals surface area contributed by atoms with Gasteiger partial charge < -0.3 is 10.2 Å². The number of carbonyl (C=O) groups is 1. The molecule has 2 heterocycles. The largest absolute Gasteiger partial charge is 0.328 e. The minimum absolute atomic E-state index is 0.283. The van der Waals surface area contributed by atoms with Gasteiger partial charge in [-0.2, -0.15) is 0 Å². The van der Waals surface area contributed by atoms with Crippen molar-refractivity contribution in [3.05, 3.63) is 0 Å². The lowest BCUT2D eigenvalue weighted by molar-refractivity contribution is -0.136. The molecule has 72 valence electrons. The van der Waals surface area contributed by atoms with Crippen LogP contribution >= 0.6 is 22.6 Å². The first-order valence-electron chi connectivity index (χ1n) is 4.88. The summed E-state index contributed by atoms with van der Waals surface area (Å²) in [6.45, 7) is 1.51. The molecule has 3 fully saturated rings. The van der Waals surface area contributed by atoms with Gasteiger partial charge in [-0.3, -0.25) is 4.79 Å². The van der Waals surface area contributed by atoms with E-state index in [-0.39, 0.29) is 5.91 Å². The Balaban J connectivity index is 1.88.